The third-order valence-electron chi connectivity index (χ3n) is 2.53. The van der Waals surface area contributed by atoms with E-state index in [0.29, 0.717) is 11.7 Å². The van der Waals surface area contributed by atoms with E-state index in [2.05, 4.69) is 21.2 Å². The lowest BCUT2D eigenvalue weighted by Crippen LogP contribution is -2.44. The minimum atomic E-state index is -0.712. The average molecular weight is 288 g/mol. The van der Waals surface area contributed by atoms with Crippen molar-refractivity contribution in [1.82, 2.24) is 5.32 Å². The van der Waals surface area contributed by atoms with Gasteiger partial charge in [0.2, 0.25) is 0 Å². The van der Waals surface area contributed by atoms with Gasteiger partial charge in [-0.1, -0.05) is 28.1 Å². The summed E-state index contributed by atoms with van der Waals surface area (Å²) in [5.41, 5.74) is 1.16. The van der Waals surface area contributed by atoms with Gasteiger partial charge in [-0.2, -0.15) is 0 Å². The van der Waals surface area contributed by atoms with Crippen LogP contribution >= 0.6 is 15.9 Å². The molecule has 0 aromatic heterocycles. The minimum Gasteiger partial charge on any atom is -0.316 e. The molecule has 1 aromatic rings. The molecule has 1 aliphatic heterocycles. The number of halogens is 1. The van der Waals surface area contributed by atoms with Crippen molar-refractivity contribution >= 4 is 26.7 Å². The Bertz CT molecular complexity index is 348. The molecular weight excluding hydrogens is 274 g/mol. The summed E-state index contributed by atoms with van der Waals surface area (Å²) >= 11 is 3.39. The Morgan fingerprint density at radius 2 is 2.00 bits per heavy atom. The largest absolute Gasteiger partial charge is 0.316 e. The molecule has 0 saturated carbocycles. The minimum absolute atomic E-state index is 0.626. The molecule has 1 aliphatic rings. The fraction of sp³-hybridized carbons (Fsp3) is 0.455. The lowest BCUT2D eigenvalue weighted by atomic mass is 10.1. The highest BCUT2D eigenvalue weighted by Crippen LogP contribution is 2.13. The van der Waals surface area contributed by atoms with Crippen LogP contribution in [0.3, 0.4) is 0 Å². The van der Waals surface area contributed by atoms with Gasteiger partial charge in [0.1, 0.15) is 0 Å². The number of hydrogen-bond acceptors (Lipinski definition) is 2. The van der Waals surface area contributed by atoms with Gasteiger partial charge in [0.25, 0.3) is 0 Å². The van der Waals surface area contributed by atoms with Crippen LogP contribution in [0.2, 0.25) is 0 Å². The second-order valence-electron chi connectivity index (χ2n) is 3.90. The predicted octanol–water partition coefficient (Wildman–Crippen LogP) is 1.92. The molecule has 0 bridgehead atoms. The Hall–Kier alpha value is -0.190. The summed E-state index contributed by atoms with van der Waals surface area (Å²) in [7, 11) is -0.712. The Morgan fingerprint density at radius 3 is 2.53 bits per heavy atom. The molecule has 82 valence electrons. The van der Waals surface area contributed by atoms with Crippen molar-refractivity contribution in [1.29, 1.82) is 0 Å². The van der Waals surface area contributed by atoms with E-state index < -0.39 is 10.8 Å². The summed E-state index contributed by atoms with van der Waals surface area (Å²) in [6.45, 7) is 2.07. The Labute approximate surface area is 101 Å². The van der Waals surface area contributed by atoms with Crippen molar-refractivity contribution in [2.24, 2.45) is 5.92 Å². The van der Waals surface area contributed by atoms with Gasteiger partial charge in [-0.15, -0.1) is 0 Å². The van der Waals surface area contributed by atoms with E-state index in [1.54, 1.807) is 0 Å². The van der Waals surface area contributed by atoms with Crippen molar-refractivity contribution in [3.8, 4) is 0 Å². The van der Waals surface area contributed by atoms with Crippen LogP contribution in [0.1, 0.15) is 5.56 Å². The van der Waals surface area contributed by atoms with Crippen LogP contribution in [0.25, 0.3) is 0 Å². The smallest absolute Gasteiger partial charge is 0.0485 e. The molecule has 0 spiro atoms. The van der Waals surface area contributed by atoms with Crippen molar-refractivity contribution in [2.45, 2.75) is 5.75 Å². The Morgan fingerprint density at radius 1 is 1.33 bits per heavy atom. The standard InChI is InChI=1S/C11H14BrNOS/c12-11-3-1-9(2-4-11)7-15(14)8-10-5-13-6-10/h1-4,10,13H,5-8H2. The second-order valence-corrected chi connectivity index (χ2v) is 6.32. The first-order valence-corrected chi connectivity index (χ1v) is 7.32. The third kappa shape index (κ3) is 3.40. The first-order valence-electron chi connectivity index (χ1n) is 5.04. The van der Waals surface area contributed by atoms with Gasteiger partial charge >= 0.3 is 0 Å². The monoisotopic (exact) mass is 287 g/mol. The van der Waals surface area contributed by atoms with Crippen LogP contribution < -0.4 is 5.32 Å². The van der Waals surface area contributed by atoms with E-state index in [-0.39, 0.29) is 0 Å². The van der Waals surface area contributed by atoms with Gasteiger partial charge in [-0.05, 0) is 23.6 Å². The van der Waals surface area contributed by atoms with E-state index in [1.807, 2.05) is 24.3 Å². The SMILES string of the molecule is O=S(Cc1ccc(Br)cc1)CC1CNC1. The molecule has 0 aliphatic carbocycles. The highest BCUT2D eigenvalue weighted by atomic mass is 79.9. The van der Waals surface area contributed by atoms with Crippen LogP contribution in [-0.4, -0.2) is 23.1 Å². The molecule has 0 amide bonds. The first kappa shape index (κ1) is 11.3. The van der Waals surface area contributed by atoms with Crippen LogP contribution in [0, 0.1) is 5.92 Å². The lowest BCUT2D eigenvalue weighted by Gasteiger charge is -2.26. The number of hydrogen-bond donors (Lipinski definition) is 1. The van der Waals surface area contributed by atoms with Gasteiger partial charge < -0.3 is 5.32 Å². The summed E-state index contributed by atoms with van der Waals surface area (Å²) < 4.78 is 12.8. The van der Waals surface area contributed by atoms with Crippen molar-refractivity contribution in [3.63, 3.8) is 0 Å². The van der Waals surface area contributed by atoms with Crippen LogP contribution in [0.15, 0.2) is 28.7 Å². The van der Waals surface area contributed by atoms with E-state index in [0.717, 1.165) is 28.9 Å². The number of nitrogens with one attached hydrogen (secondary N) is 1. The summed E-state index contributed by atoms with van der Waals surface area (Å²) in [4.78, 5) is 0. The molecule has 2 nitrogen and oxygen atoms in total. The molecule has 1 aromatic carbocycles. The zero-order valence-corrected chi connectivity index (χ0v) is 10.8. The van der Waals surface area contributed by atoms with Crippen LogP contribution in [-0.2, 0) is 16.6 Å². The quantitative estimate of drug-likeness (QED) is 0.917. The van der Waals surface area contributed by atoms with Gasteiger partial charge in [-0.25, -0.2) is 0 Å². The normalized spacial score (nSPS) is 18.5. The zero-order valence-electron chi connectivity index (χ0n) is 8.41. The molecule has 15 heavy (non-hydrogen) atoms. The van der Waals surface area contributed by atoms with Crippen molar-refractivity contribution in [3.05, 3.63) is 34.3 Å². The molecule has 1 fully saturated rings. The molecule has 1 saturated heterocycles. The van der Waals surface area contributed by atoms with E-state index in [4.69, 9.17) is 0 Å². The molecule has 4 heteroatoms. The number of rotatable bonds is 4. The fourth-order valence-electron chi connectivity index (χ4n) is 1.55. The van der Waals surface area contributed by atoms with E-state index in [9.17, 15) is 4.21 Å². The summed E-state index contributed by atoms with van der Waals surface area (Å²) in [6.07, 6.45) is 0. The first-order chi connectivity index (χ1) is 7.24. The van der Waals surface area contributed by atoms with Gasteiger partial charge in [-0.3, -0.25) is 4.21 Å². The average Bonchev–Trinajstić information content (AvgIpc) is 2.16. The maximum Gasteiger partial charge on any atom is 0.0485 e. The molecule has 1 N–H and O–H groups in total. The summed E-state index contributed by atoms with van der Waals surface area (Å²) in [6, 6.07) is 8.05. The Balaban J connectivity index is 1.84. The molecule has 2 rings (SSSR count). The molecule has 0 radical (unpaired) electrons. The maximum atomic E-state index is 11.8. The highest BCUT2D eigenvalue weighted by molar-refractivity contribution is 9.10. The van der Waals surface area contributed by atoms with Crippen LogP contribution in [0.5, 0.6) is 0 Å². The fourth-order valence-corrected chi connectivity index (χ4v) is 3.26. The second kappa shape index (κ2) is 5.23. The topological polar surface area (TPSA) is 29.1 Å². The van der Waals surface area contributed by atoms with Crippen molar-refractivity contribution < 1.29 is 4.21 Å². The summed E-state index contributed by atoms with van der Waals surface area (Å²) in [5.74, 6) is 2.15. The molecule has 1 heterocycles. The van der Waals surface area contributed by atoms with Gasteiger partial charge in [0.15, 0.2) is 0 Å². The molecular formula is C11H14BrNOS. The summed E-state index contributed by atoms with van der Waals surface area (Å²) in [5, 5.41) is 3.20. The third-order valence-corrected chi connectivity index (χ3v) is 4.56. The van der Waals surface area contributed by atoms with E-state index in [1.165, 1.54) is 0 Å². The molecule has 1 atom stereocenters. The Kier molecular flexibility index (Phi) is 3.94. The highest BCUT2D eigenvalue weighted by Gasteiger charge is 2.19. The van der Waals surface area contributed by atoms with Gasteiger partial charge in [0, 0.05) is 39.9 Å². The van der Waals surface area contributed by atoms with Crippen molar-refractivity contribution in [2.75, 3.05) is 18.8 Å². The lowest BCUT2D eigenvalue weighted by molar-refractivity contribution is 0.382. The van der Waals surface area contributed by atoms with E-state index >= 15 is 0 Å². The molecule has 1 unspecified atom stereocenters. The number of benzene rings is 1. The predicted molar refractivity (Wildman–Crippen MR) is 67.2 cm³/mol. The van der Waals surface area contributed by atoms with Crippen LogP contribution in [0.4, 0.5) is 0 Å². The maximum absolute atomic E-state index is 11.8. The van der Waals surface area contributed by atoms with Gasteiger partial charge in [0.05, 0.1) is 0 Å². The zero-order chi connectivity index (χ0) is 10.7.